The number of ether oxygens (including phenoxy) is 1. The highest BCUT2D eigenvalue weighted by molar-refractivity contribution is 5.81. The number of aromatic amines is 1. The number of carbonyl (C=O) groups is 1. The molecule has 2 heterocycles. The van der Waals surface area contributed by atoms with Crippen LogP contribution in [-0.2, 0) is 11.2 Å². The number of H-pyrrole nitrogens is 1. The van der Waals surface area contributed by atoms with Crippen LogP contribution >= 0.6 is 0 Å². The van der Waals surface area contributed by atoms with Gasteiger partial charge in [0.15, 0.2) is 0 Å². The number of aromatic nitrogens is 1. The summed E-state index contributed by atoms with van der Waals surface area (Å²) in [7, 11) is 1.62. The van der Waals surface area contributed by atoms with Gasteiger partial charge >= 0.3 is 0 Å². The Bertz CT molecular complexity index is 877. The van der Waals surface area contributed by atoms with E-state index in [1.165, 1.54) is 32.2 Å². The van der Waals surface area contributed by atoms with Gasteiger partial charge in [0.25, 0.3) is 5.56 Å². The zero-order chi connectivity index (χ0) is 20.6. The fraction of sp³-hybridized carbons (Fsp3) is 0.565. The van der Waals surface area contributed by atoms with Crippen molar-refractivity contribution in [2.24, 2.45) is 0 Å². The zero-order valence-corrected chi connectivity index (χ0v) is 17.6. The van der Waals surface area contributed by atoms with Crippen LogP contribution in [0.1, 0.15) is 51.0 Å². The number of hydrogen-bond donors (Lipinski definition) is 2. The van der Waals surface area contributed by atoms with E-state index in [2.05, 4.69) is 22.1 Å². The van der Waals surface area contributed by atoms with E-state index in [1.807, 2.05) is 24.3 Å². The largest absolute Gasteiger partial charge is 0.497 e. The lowest BCUT2D eigenvalue weighted by molar-refractivity contribution is -0.121. The number of pyridine rings is 1. The number of aryl methyl sites for hydroxylation is 1. The molecule has 158 valence electrons. The van der Waals surface area contributed by atoms with Crippen LogP contribution in [0.25, 0.3) is 10.9 Å². The van der Waals surface area contributed by atoms with Crippen molar-refractivity contribution in [3.63, 3.8) is 0 Å². The third-order valence-corrected chi connectivity index (χ3v) is 5.91. The molecule has 6 heteroatoms. The molecule has 1 saturated heterocycles. The first-order valence-corrected chi connectivity index (χ1v) is 10.8. The van der Waals surface area contributed by atoms with Crippen molar-refractivity contribution < 1.29 is 9.53 Å². The normalized spacial score (nSPS) is 17.4. The zero-order valence-electron chi connectivity index (χ0n) is 17.6. The van der Waals surface area contributed by atoms with E-state index in [9.17, 15) is 9.59 Å². The van der Waals surface area contributed by atoms with Gasteiger partial charge in [-0.05, 0) is 62.9 Å². The summed E-state index contributed by atoms with van der Waals surface area (Å²) in [6.07, 6.45) is 6.85. The minimum atomic E-state index is -0.133. The molecule has 0 radical (unpaired) electrons. The molecule has 1 amide bonds. The maximum Gasteiger partial charge on any atom is 0.251 e. The Kier molecular flexibility index (Phi) is 7.69. The van der Waals surface area contributed by atoms with Gasteiger partial charge in [0.05, 0.1) is 7.11 Å². The third-order valence-electron chi connectivity index (χ3n) is 5.91. The first kappa shape index (κ1) is 21.4. The minimum absolute atomic E-state index is 0.000764. The summed E-state index contributed by atoms with van der Waals surface area (Å²) in [4.78, 5) is 29.9. The van der Waals surface area contributed by atoms with Crippen LogP contribution in [0.3, 0.4) is 0 Å². The van der Waals surface area contributed by atoms with Gasteiger partial charge in [0.1, 0.15) is 5.75 Å². The van der Waals surface area contributed by atoms with Gasteiger partial charge in [-0.1, -0.05) is 13.3 Å². The predicted octanol–water partition coefficient (Wildman–Crippen LogP) is 3.24. The van der Waals surface area contributed by atoms with Crippen LogP contribution in [0, 0.1) is 0 Å². The summed E-state index contributed by atoms with van der Waals surface area (Å²) in [5.41, 5.74) is 1.26. The quantitative estimate of drug-likeness (QED) is 0.635. The molecule has 2 aromatic rings. The molecular weight excluding hydrogens is 366 g/mol. The number of methoxy groups -OCH3 is 1. The lowest BCUT2D eigenvalue weighted by atomic mass is 10.00. The number of nitrogens with zero attached hydrogens (tertiary/aromatic N) is 1. The number of amides is 1. The van der Waals surface area contributed by atoms with Gasteiger partial charge in [-0.2, -0.15) is 0 Å². The third kappa shape index (κ3) is 5.82. The minimum Gasteiger partial charge on any atom is -0.497 e. The molecular formula is C23H33N3O3. The fourth-order valence-corrected chi connectivity index (χ4v) is 4.21. The SMILES string of the molecule is CC[C@H]1CCCCN1CCCNC(=O)CCc1cc2cc(OC)ccc2[nH]c1=O. The van der Waals surface area contributed by atoms with Crippen molar-refractivity contribution in [3.8, 4) is 5.75 Å². The van der Waals surface area contributed by atoms with Gasteiger partial charge < -0.3 is 19.9 Å². The molecule has 1 fully saturated rings. The lowest BCUT2D eigenvalue weighted by Crippen LogP contribution is -2.40. The van der Waals surface area contributed by atoms with Crippen LogP contribution in [0.15, 0.2) is 29.1 Å². The molecule has 0 unspecified atom stereocenters. The standard InChI is InChI=1S/C23H33N3O3/c1-3-19-7-4-5-13-26(19)14-6-12-24-22(27)11-8-17-15-18-16-20(29-2)9-10-21(18)25-23(17)28/h9-10,15-16,19H,3-8,11-14H2,1-2H3,(H,24,27)(H,25,28)/t19-/m0/s1. The van der Waals surface area contributed by atoms with E-state index in [0.717, 1.165) is 29.6 Å². The highest BCUT2D eigenvalue weighted by Crippen LogP contribution is 2.20. The Morgan fingerprint density at radius 2 is 2.17 bits per heavy atom. The van der Waals surface area contributed by atoms with Crippen LogP contribution in [-0.4, -0.2) is 48.6 Å². The summed E-state index contributed by atoms with van der Waals surface area (Å²) in [6, 6.07) is 8.09. The average molecular weight is 400 g/mol. The number of hydrogen-bond acceptors (Lipinski definition) is 4. The fourth-order valence-electron chi connectivity index (χ4n) is 4.21. The van der Waals surface area contributed by atoms with Gasteiger partial charge in [0.2, 0.25) is 5.91 Å². The summed E-state index contributed by atoms with van der Waals surface area (Å²) >= 11 is 0. The van der Waals surface area contributed by atoms with E-state index < -0.39 is 0 Å². The molecule has 1 aliphatic rings. The average Bonchev–Trinajstić information content (AvgIpc) is 2.75. The number of likely N-dealkylation sites (tertiary alicyclic amines) is 1. The number of carbonyl (C=O) groups excluding carboxylic acids is 1. The molecule has 0 aliphatic carbocycles. The van der Waals surface area contributed by atoms with Crippen molar-refractivity contribution in [3.05, 3.63) is 40.2 Å². The summed E-state index contributed by atoms with van der Waals surface area (Å²) < 4.78 is 5.24. The van der Waals surface area contributed by atoms with E-state index in [1.54, 1.807) is 7.11 Å². The Morgan fingerprint density at radius 3 is 2.97 bits per heavy atom. The number of piperidine rings is 1. The Labute approximate surface area is 172 Å². The number of benzene rings is 1. The molecule has 0 spiro atoms. The lowest BCUT2D eigenvalue weighted by Gasteiger charge is -2.35. The summed E-state index contributed by atoms with van der Waals surface area (Å²) in [5, 5.41) is 3.91. The molecule has 1 aromatic carbocycles. The van der Waals surface area contributed by atoms with Crippen molar-refractivity contribution in [2.75, 3.05) is 26.7 Å². The van der Waals surface area contributed by atoms with Crippen LogP contribution in [0.4, 0.5) is 0 Å². The number of nitrogens with one attached hydrogen (secondary N) is 2. The van der Waals surface area contributed by atoms with Crippen LogP contribution < -0.4 is 15.6 Å². The monoisotopic (exact) mass is 399 g/mol. The summed E-state index contributed by atoms with van der Waals surface area (Å²) in [5.74, 6) is 0.744. The van der Waals surface area contributed by atoms with Gasteiger partial charge in [0, 0.05) is 42.0 Å². The highest BCUT2D eigenvalue weighted by atomic mass is 16.5. The molecule has 1 aromatic heterocycles. The van der Waals surface area contributed by atoms with Crippen LogP contribution in [0.2, 0.25) is 0 Å². The van der Waals surface area contributed by atoms with E-state index in [4.69, 9.17) is 4.74 Å². The second kappa shape index (κ2) is 10.4. The van der Waals surface area contributed by atoms with E-state index in [0.29, 0.717) is 31.0 Å². The summed E-state index contributed by atoms with van der Waals surface area (Å²) in [6.45, 7) is 5.18. The molecule has 1 atom stereocenters. The Balaban J connectivity index is 1.45. The van der Waals surface area contributed by atoms with Crippen molar-refractivity contribution in [1.82, 2.24) is 15.2 Å². The molecule has 0 bridgehead atoms. The maximum absolute atomic E-state index is 12.3. The molecule has 1 aliphatic heterocycles. The van der Waals surface area contributed by atoms with Crippen molar-refractivity contribution >= 4 is 16.8 Å². The molecule has 29 heavy (non-hydrogen) atoms. The second-order valence-electron chi connectivity index (χ2n) is 7.87. The molecule has 0 saturated carbocycles. The van der Waals surface area contributed by atoms with Crippen LogP contribution in [0.5, 0.6) is 5.75 Å². The smallest absolute Gasteiger partial charge is 0.251 e. The number of fused-ring (bicyclic) bond motifs is 1. The van der Waals surface area contributed by atoms with E-state index in [-0.39, 0.29) is 11.5 Å². The first-order chi connectivity index (χ1) is 14.1. The Hall–Kier alpha value is -2.34. The number of rotatable bonds is 9. The van der Waals surface area contributed by atoms with E-state index >= 15 is 0 Å². The topological polar surface area (TPSA) is 74.4 Å². The molecule has 2 N–H and O–H groups in total. The molecule has 3 rings (SSSR count). The van der Waals surface area contributed by atoms with Gasteiger partial charge in [-0.15, -0.1) is 0 Å². The van der Waals surface area contributed by atoms with Gasteiger partial charge in [-0.3, -0.25) is 9.59 Å². The Morgan fingerprint density at radius 1 is 1.31 bits per heavy atom. The molecule has 6 nitrogen and oxygen atoms in total. The van der Waals surface area contributed by atoms with Crippen molar-refractivity contribution in [2.45, 2.75) is 57.9 Å². The van der Waals surface area contributed by atoms with Crippen molar-refractivity contribution in [1.29, 1.82) is 0 Å². The maximum atomic E-state index is 12.3. The first-order valence-electron chi connectivity index (χ1n) is 10.8. The predicted molar refractivity (Wildman–Crippen MR) is 117 cm³/mol. The highest BCUT2D eigenvalue weighted by Gasteiger charge is 2.19. The second-order valence-corrected chi connectivity index (χ2v) is 7.87. The van der Waals surface area contributed by atoms with Gasteiger partial charge in [-0.25, -0.2) is 0 Å².